The van der Waals surface area contributed by atoms with Gasteiger partial charge in [-0.15, -0.1) is 0 Å². The second kappa shape index (κ2) is 5.58. The zero-order valence-corrected chi connectivity index (χ0v) is 9.46. The molecule has 1 aliphatic heterocycles. The van der Waals surface area contributed by atoms with E-state index in [1.165, 1.54) is 18.3 Å². The van der Waals surface area contributed by atoms with Crippen LogP contribution >= 0.6 is 0 Å². The second-order valence-electron chi connectivity index (χ2n) is 4.01. The molecule has 0 aromatic carbocycles. The van der Waals surface area contributed by atoms with Crippen molar-refractivity contribution in [3.8, 4) is 0 Å². The highest BCUT2D eigenvalue weighted by Crippen LogP contribution is 2.17. The minimum atomic E-state index is -0.424. The molecule has 1 N–H and O–H groups in total. The van der Waals surface area contributed by atoms with Crippen molar-refractivity contribution in [2.24, 2.45) is 0 Å². The lowest BCUT2D eigenvalue weighted by Gasteiger charge is -2.10. The Morgan fingerprint density at radius 3 is 3.24 bits per heavy atom. The summed E-state index contributed by atoms with van der Waals surface area (Å²) < 4.78 is 5.48. The molecule has 0 radical (unpaired) electrons. The zero-order chi connectivity index (χ0) is 12.1. The van der Waals surface area contributed by atoms with Crippen molar-refractivity contribution in [1.29, 1.82) is 0 Å². The molecule has 6 nitrogen and oxygen atoms in total. The van der Waals surface area contributed by atoms with E-state index < -0.39 is 4.92 Å². The summed E-state index contributed by atoms with van der Waals surface area (Å²) in [5.41, 5.74) is 0.0552. The van der Waals surface area contributed by atoms with Gasteiger partial charge in [-0.05, 0) is 19.3 Å². The Labute approximate surface area is 99.2 Å². The average Bonchev–Trinajstić information content (AvgIpc) is 2.82. The quantitative estimate of drug-likeness (QED) is 0.625. The number of ether oxygens (including phenoxy) is 1. The first-order valence-corrected chi connectivity index (χ1v) is 5.71. The predicted molar refractivity (Wildman–Crippen MR) is 63.0 cm³/mol. The molecule has 1 atom stereocenters. The number of nitro groups is 1. The van der Waals surface area contributed by atoms with Gasteiger partial charge in [-0.25, -0.2) is 4.98 Å². The molecule has 0 spiro atoms. The molecule has 1 aromatic rings. The Bertz CT molecular complexity index is 391. The van der Waals surface area contributed by atoms with Gasteiger partial charge in [-0.2, -0.15) is 0 Å². The van der Waals surface area contributed by atoms with Gasteiger partial charge in [-0.3, -0.25) is 10.1 Å². The molecule has 1 saturated heterocycles. The van der Waals surface area contributed by atoms with Crippen molar-refractivity contribution >= 4 is 11.5 Å². The molecule has 6 heteroatoms. The van der Waals surface area contributed by atoms with Gasteiger partial charge < -0.3 is 10.1 Å². The van der Waals surface area contributed by atoms with E-state index in [9.17, 15) is 10.1 Å². The molecule has 1 aromatic heterocycles. The van der Waals surface area contributed by atoms with Crippen LogP contribution in [0.4, 0.5) is 11.5 Å². The van der Waals surface area contributed by atoms with Crippen LogP contribution in [-0.4, -0.2) is 29.2 Å². The van der Waals surface area contributed by atoms with Crippen LogP contribution in [0.5, 0.6) is 0 Å². The van der Waals surface area contributed by atoms with Gasteiger partial charge in [0.05, 0.1) is 17.1 Å². The Morgan fingerprint density at radius 1 is 1.65 bits per heavy atom. The molecule has 2 rings (SSSR count). The molecule has 2 heterocycles. The highest BCUT2D eigenvalue weighted by atomic mass is 16.6. The van der Waals surface area contributed by atoms with E-state index in [0.717, 1.165) is 32.4 Å². The third kappa shape index (κ3) is 3.39. The highest BCUT2D eigenvalue weighted by Gasteiger charge is 2.14. The SMILES string of the molecule is O=[N+]([O-])c1ccnc(NCCC2CCCO2)c1. The van der Waals surface area contributed by atoms with E-state index in [-0.39, 0.29) is 5.69 Å². The summed E-state index contributed by atoms with van der Waals surface area (Å²) in [6.45, 7) is 1.57. The number of nitrogens with zero attached hydrogens (tertiary/aromatic N) is 2. The van der Waals surface area contributed by atoms with Crippen LogP contribution in [0.25, 0.3) is 0 Å². The lowest BCUT2D eigenvalue weighted by molar-refractivity contribution is -0.384. The Hall–Kier alpha value is -1.69. The molecule has 1 aliphatic rings. The average molecular weight is 237 g/mol. The van der Waals surface area contributed by atoms with Crippen LogP contribution in [0.15, 0.2) is 18.3 Å². The minimum Gasteiger partial charge on any atom is -0.378 e. The molecule has 0 aliphatic carbocycles. The first-order chi connectivity index (χ1) is 8.25. The number of anilines is 1. The van der Waals surface area contributed by atoms with Crippen molar-refractivity contribution in [2.75, 3.05) is 18.5 Å². The number of pyridine rings is 1. The van der Waals surface area contributed by atoms with Crippen molar-refractivity contribution in [3.63, 3.8) is 0 Å². The van der Waals surface area contributed by atoms with Gasteiger partial charge in [0.2, 0.25) is 0 Å². The molecule has 0 saturated carbocycles. The van der Waals surface area contributed by atoms with E-state index >= 15 is 0 Å². The molecular formula is C11H15N3O3. The van der Waals surface area contributed by atoms with Crippen molar-refractivity contribution < 1.29 is 9.66 Å². The van der Waals surface area contributed by atoms with E-state index in [4.69, 9.17) is 4.74 Å². The van der Waals surface area contributed by atoms with Crippen LogP contribution in [-0.2, 0) is 4.74 Å². The van der Waals surface area contributed by atoms with Crippen LogP contribution < -0.4 is 5.32 Å². The topological polar surface area (TPSA) is 77.3 Å². The van der Waals surface area contributed by atoms with Crippen LogP contribution in [0.2, 0.25) is 0 Å². The first kappa shape index (κ1) is 11.8. The van der Waals surface area contributed by atoms with Crippen molar-refractivity contribution in [1.82, 2.24) is 4.98 Å². The van der Waals surface area contributed by atoms with Crippen LogP contribution in [0.3, 0.4) is 0 Å². The van der Waals surface area contributed by atoms with Crippen LogP contribution in [0, 0.1) is 10.1 Å². The van der Waals surface area contributed by atoms with Crippen LogP contribution in [0.1, 0.15) is 19.3 Å². The number of hydrogen-bond donors (Lipinski definition) is 1. The summed E-state index contributed by atoms with van der Waals surface area (Å²) in [7, 11) is 0. The number of hydrogen-bond acceptors (Lipinski definition) is 5. The molecular weight excluding hydrogens is 222 g/mol. The van der Waals surface area contributed by atoms with Crippen molar-refractivity contribution in [3.05, 3.63) is 28.4 Å². The van der Waals surface area contributed by atoms with E-state index in [2.05, 4.69) is 10.3 Å². The molecule has 92 valence electrons. The van der Waals surface area contributed by atoms with Crippen molar-refractivity contribution in [2.45, 2.75) is 25.4 Å². The molecule has 1 fully saturated rings. The minimum absolute atomic E-state index is 0.0552. The lowest BCUT2D eigenvalue weighted by atomic mass is 10.2. The van der Waals surface area contributed by atoms with Gasteiger partial charge in [0.1, 0.15) is 5.82 Å². The Morgan fingerprint density at radius 2 is 2.53 bits per heavy atom. The number of aromatic nitrogens is 1. The monoisotopic (exact) mass is 237 g/mol. The van der Waals surface area contributed by atoms with E-state index in [0.29, 0.717) is 11.9 Å². The fourth-order valence-electron chi connectivity index (χ4n) is 1.86. The summed E-state index contributed by atoms with van der Waals surface area (Å²) in [5, 5.41) is 13.6. The Balaban J connectivity index is 1.81. The first-order valence-electron chi connectivity index (χ1n) is 5.71. The third-order valence-corrected chi connectivity index (χ3v) is 2.75. The fourth-order valence-corrected chi connectivity index (χ4v) is 1.86. The normalized spacial score (nSPS) is 19.2. The van der Waals surface area contributed by atoms with Gasteiger partial charge in [0.25, 0.3) is 5.69 Å². The van der Waals surface area contributed by atoms with Gasteiger partial charge >= 0.3 is 0 Å². The highest BCUT2D eigenvalue weighted by molar-refractivity contribution is 5.44. The molecule has 17 heavy (non-hydrogen) atoms. The maximum Gasteiger partial charge on any atom is 0.274 e. The standard InChI is InChI=1S/C11H15N3O3/c15-14(16)9-3-5-12-11(8-9)13-6-4-10-2-1-7-17-10/h3,5,8,10H,1-2,4,6-7H2,(H,12,13). The summed E-state index contributed by atoms with van der Waals surface area (Å²) in [6.07, 6.45) is 4.89. The maximum atomic E-state index is 10.6. The summed E-state index contributed by atoms with van der Waals surface area (Å²) in [5.74, 6) is 0.539. The third-order valence-electron chi connectivity index (χ3n) is 2.75. The molecule has 1 unspecified atom stereocenters. The molecule has 0 bridgehead atoms. The largest absolute Gasteiger partial charge is 0.378 e. The molecule has 0 amide bonds. The number of nitrogens with one attached hydrogen (secondary N) is 1. The summed E-state index contributed by atoms with van der Waals surface area (Å²) in [6, 6.07) is 2.82. The van der Waals surface area contributed by atoms with Gasteiger partial charge in [0, 0.05) is 25.4 Å². The van der Waals surface area contributed by atoms with E-state index in [1.807, 2.05) is 0 Å². The van der Waals surface area contributed by atoms with E-state index in [1.54, 1.807) is 0 Å². The summed E-state index contributed by atoms with van der Waals surface area (Å²) in [4.78, 5) is 14.2. The van der Waals surface area contributed by atoms with Gasteiger partial charge in [0.15, 0.2) is 0 Å². The summed E-state index contributed by atoms with van der Waals surface area (Å²) >= 11 is 0. The zero-order valence-electron chi connectivity index (χ0n) is 9.46. The number of rotatable bonds is 5. The lowest BCUT2D eigenvalue weighted by Crippen LogP contribution is -2.13. The smallest absolute Gasteiger partial charge is 0.274 e. The maximum absolute atomic E-state index is 10.6. The fraction of sp³-hybridized carbons (Fsp3) is 0.545. The Kier molecular flexibility index (Phi) is 3.87. The second-order valence-corrected chi connectivity index (χ2v) is 4.01. The van der Waals surface area contributed by atoms with Gasteiger partial charge in [-0.1, -0.05) is 0 Å². The predicted octanol–water partition coefficient (Wildman–Crippen LogP) is 1.97.